The molecule has 1 N–H and O–H groups in total. The number of carbonyl (C=O) groups is 1. The summed E-state index contributed by atoms with van der Waals surface area (Å²) in [6, 6.07) is 12.5. The van der Waals surface area contributed by atoms with E-state index in [0.717, 1.165) is 25.1 Å². The summed E-state index contributed by atoms with van der Waals surface area (Å²) in [4.78, 5) is 19.0. The number of nitrogens with one attached hydrogen (secondary N) is 1. The summed E-state index contributed by atoms with van der Waals surface area (Å²) in [7, 11) is 2.02. The number of anilines is 1. The molecular formula is C21H27N3O. The van der Waals surface area contributed by atoms with Crippen LogP contribution in [0.2, 0.25) is 0 Å². The van der Waals surface area contributed by atoms with Crippen molar-refractivity contribution in [3.8, 4) is 0 Å². The quantitative estimate of drug-likeness (QED) is 0.833. The van der Waals surface area contributed by atoms with Crippen LogP contribution < -0.4 is 10.2 Å². The Morgan fingerprint density at radius 2 is 1.84 bits per heavy atom. The molecule has 0 aliphatic heterocycles. The Balaban J connectivity index is 1.64. The highest BCUT2D eigenvalue weighted by atomic mass is 16.1. The van der Waals surface area contributed by atoms with Crippen LogP contribution in [-0.4, -0.2) is 24.0 Å². The number of amides is 1. The van der Waals surface area contributed by atoms with Gasteiger partial charge in [-0.05, 0) is 24.5 Å². The van der Waals surface area contributed by atoms with Gasteiger partial charge in [-0.1, -0.05) is 56.0 Å². The van der Waals surface area contributed by atoms with Gasteiger partial charge in [0.25, 0.3) is 5.91 Å². The maximum atomic E-state index is 12.6. The first-order chi connectivity index (χ1) is 12.2. The van der Waals surface area contributed by atoms with E-state index in [1.54, 1.807) is 6.20 Å². The third-order valence-electron chi connectivity index (χ3n) is 4.88. The molecule has 1 saturated carbocycles. The second-order valence-electron chi connectivity index (χ2n) is 6.94. The van der Waals surface area contributed by atoms with Crippen molar-refractivity contribution in [3.63, 3.8) is 0 Å². The summed E-state index contributed by atoms with van der Waals surface area (Å²) in [5.41, 5.74) is 2.83. The van der Waals surface area contributed by atoms with Crippen LogP contribution in [0.3, 0.4) is 0 Å². The number of carbonyl (C=O) groups excluding carboxylic acids is 1. The molecular weight excluding hydrogens is 310 g/mol. The van der Waals surface area contributed by atoms with Gasteiger partial charge in [0.2, 0.25) is 0 Å². The molecule has 0 saturated heterocycles. The van der Waals surface area contributed by atoms with Crippen molar-refractivity contribution in [1.29, 1.82) is 0 Å². The largest absolute Gasteiger partial charge is 0.369 e. The fourth-order valence-corrected chi connectivity index (χ4v) is 3.40. The lowest BCUT2D eigenvalue weighted by atomic mass is 10.1. The van der Waals surface area contributed by atoms with E-state index in [1.807, 2.05) is 37.5 Å². The van der Waals surface area contributed by atoms with E-state index in [2.05, 4.69) is 27.3 Å². The Bertz CT molecular complexity index is 679. The maximum absolute atomic E-state index is 12.6. The molecule has 0 bridgehead atoms. The van der Waals surface area contributed by atoms with Crippen LogP contribution >= 0.6 is 0 Å². The minimum absolute atomic E-state index is 0.00522. The van der Waals surface area contributed by atoms with Crippen LogP contribution in [0.25, 0.3) is 0 Å². The van der Waals surface area contributed by atoms with Gasteiger partial charge in [0.15, 0.2) is 0 Å². The molecule has 3 rings (SSSR count). The molecule has 1 fully saturated rings. The van der Waals surface area contributed by atoms with Gasteiger partial charge in [0, 0.05) is 25.8 Å². The van der Waals surface area contributed by atoms with Gasteiger partial charge in [0.1, 0.15) is 0 Å². The number of pyridine rings is 1. The molecule has 2 aromatic rings. The smallest absolute Gasteiger partial charge is 0.253 e. The highest BCUT2D eigenvalue weighted by Gasteiger charge is 2.16. The predicted octanol–water partition coefficient (Wildman–Crippen LogP) is 4.17. The van der Waals surface area contributed by atoms with Gasteiger partial charge in [0.05, 0.1) is 17.4 Å². The molecule has 0 unspecified atom stereocenters. The van der Waals surface area contributed by atoms with Gasteiger partial charge in [-0.2, -0.15) is 0 Å². The molecule has 1 aliphatic rings. The Morgan fingerprint density at radius 3 is 2.56 bits per heavy atom. The second kappa shape index (κ2) is 8.65. The lowest BCUT2D eigenvalue weighted by Crippen LogP contribution is -2.34. The fraction of sp³-hybridized carbons (Fsp3) is 0.429. The number of hydrogen-bond acceptors (Lipinski definition) is 3. The summed E-state index contributed by atoms with van der Waals surface area (Å²) in [5.74, 6) is -0.00522. The first-order valence-corrected chi connectivity index (χ1v) is 9.23. The van der Waals surface area contributed by atoms with Gasteiger partial charge in [-0.3, -0.25) is 9.78 Å². The van der Waals surface area contributed by atoms with Gasteiger partial charge in [-0.25, -0.2) is 0 Å². The Morgan fingerprint density at radius 1 is 1.12 bits per heavy atom. The molecule has 4 nitrogen and oxygen atoms in total. The van der Waals surface area contributed by atoms with Crippen molar-refractivity contribution in [1.82, 2.24) is 10.3 Å². The summed E-state index contributed by atoms with van der Waals surface area (Å²) < 4.78 is 0. The first kappa shape index (κ1) is 17.5. The van der Waals surface area contributed by atoms with Crippen LogP contribution in [-0.2, 0) is 6.54 Å². The molecule has 1 amide bonds. The van der Waals surface area contributed by atoms with Crippen molar-refractivity contribution in [2.75, 3.05) is 11.9 Å². The first-order valence-electron chi connectivity index (χ1n) is 9.23. The number of aromatic nitrogens is 1. The van der Waals surface area contributed by atoms with Crippen LogP contribution in [0.4, 0.5) is 5.69 Å². The second-order valence-corrected chi connectivity index (χ2v) is 6.94. The minimum Gasteiger partial charge on any atom is -0.369 e. The number of nitrogens with zero attached hydrogens (tertiary/aromatic N) is 2. The van der Waals surface area contributed by atoms with E-state index in [9.17, 15) is 4.79 Å². The Hall–Kier alpha value is -2.36. The molecule has 1 aromatic heterocycles. The van der Waals surface area contributed by atoms with Crippen LogP contribution in [0.15, 0.2) is 48.8 Å². The van der Waals surface area contributed by atoms with E-state index < -0.39 is 0 Å². The monoisotopic (exact) mass is 337 g/mol. The Kier molecular flexibility index (Phi) is 6.04. The van der Waals surface area contributed by atoms with Gasteiger partial charge < -0.3 is 10.2 Å². The lowest BCUT2D eigenvalue weighted by molar-refractivity contribution is 0.0933. The molecule has 1 heterocycles. The Labute approximate surface area is 150 Å². The summed E-state index contributed by atoms with van der Waals surface area (Å²) in [6.45, 7) is 0.788. The van der Waals surface area contributed by atoms with E-state index in [1.165, 1.54) is 31.2 Å². The van der Waals surface area contributed by atoms with Crippen molar-refractivity contribution in [3.05, 3.63) is 59.9 Å². The number of rotatable bonds is 5. The summed E-state index contributed by atoms with van der Waals surface area (Å²) in [5, 5.41) is 3.19. The normalized spacial score (nSPS) is 15.4. The lowest BCUT2D eigenvalue weighted by Gasteiger charge is -2.20. The van der Waals surface area contributed by atoms with Crippen LogP contribution in [0, 0.1) is 0 Å². The third-order valence-corrected chi connectivity index (χ3v) is 4.88. The molecule has 25 heavy (non-hydrogen) atoms. The van der Waals surface area contributed by atoms with E-state index in [0.29, 0.717) is 11.6 Å². The van der Waals surface area contributed by atoms with E-state index in [4.69, 9.17) is 0 Å². The zero-order valence-electron chi connectivity index (χ0n) is 14.9. The maximum Gasteiger partial charge on any atom is 0.253 e. The van der Waals surface area contributed by atoms with Gasteiger partial charge in [-0.15, -0.1) is 0 Å². The van der Waals surface area contributed by atoms with Crippen molar-refractivity contribution < 1.29 is 4.79 Å². The highest BCUT2D eigenvalue weighted by Crippen LogP contribution is 2.19. The van der Waals surface area contributed by atoms with Crippen LogP contribution in [0.1, 0.15) is 54.4 Å². The van der Waals surface area contributed by atoms with Gasteiger partial charge >= 0.3 is 0 Å². The minimum atomic E-state index is -0.00522. The molecule has 4 heteroatoms. The fourth-order valence-electron chi connectivity index (χ4n) is 3.40. The molecule has 0 atom stereocenters. The van der Waals surface area contributed by atoms with E-state index in [-0.39, 0.29) is 5.91 Å². The molecule has 1 aromatic carbocycles. The average Bonchev–Trinajstić information content (AvgIpc) is 2.91. The number of benzene rings is 1. The average molecular weight is 337 g/mol. The summed E-state index contributed by atoms with van der Waals surface area (Å²) >= 11 is 0. The molecule has 0 spiro atoms. The predicted molar refractivity (Wildman–Crippen MR) is 102 cm³/mol. The van der Waals surface area contributed by atoms with Crippen LogP contribution in [0.5, 0.6) is 0 Å². The molecule has 132 valence electrons. The summed E-state index contributed by atoms with van der Waals surface area (Å²) in [6.07, 6.45) is 10.6. The molecule has 1 aliphatic carbocycles. The number of hydrogen-bond donors (Lipinski definition) is 1. The zero-order valence-corrected chi connectivity index (χ0v) is 14.9. The third kappa shape index (κ3) is 5.05. The molecule has 0 radical (unpaired) electrons. The van der Waals surface area contributed by atoms with Crippen molar-refractivity contribution in [2.24, 2.45) is 0 Å². The van der Waals surface area contributed by atoms with E-state index >= 15 is 0 Å². The zero-order chi connectivity index (χ0) is 17.5. The SMILES string of the molecule is CN(Cc1ccccc1)c1cncc(C(=O)NC2CCCCCC2)c1. The highest BCUT2D eigenvalue weighted by molar-refractivity contribution is 5.94. The van der Waals surface area contributed by atoms with Crippen molar-refractivity contribution >= 4 is 11.6 Å². The van der Waals surface area contributed by atoms with Crippen molar-refractivity contribution in [2.45, 2.75) is 51.1 Å². The standard InChI is InChI=1S/C21H27N3O/c1-24(16-17-9-5-4-6-10-17)20-13-18(14-22-15-20)21(25)23-19-11-7-2-3-8-12-19/h4-6,9-10,13-15,19H,2-3,7-8,11-12,16H2,1H3,(H,23,25). The topological polar surface area (TPSA) is 45.2 Å².